The summed E-state index contributed by atoms with van der Waals surface area (Å²) >= 11 is 0. The lowest BCUT2D eigenvalue weighted by atomic mass is 9.81. The molecule has 0 spiro atoms. The Hall–Kier alpha value is -2.15. The van der Waals surface area contributed by atoms with Crippen molar-refractivity contribution in [3.05, 3.63) is 54.3 Å². The number of rotatable bonds is 3. The Kier molecular flexibility index (Phi) is 4.21. The number of esters is 1. The molecule has 6 heteroatoms. The lowest BCUT2D eigenvalue weighted by molar-refractivity contribution is -0.211. The molecule has 3 rings (SSSR count). The monoisotopic (exact) mass is 332 g/mol. The van der Waals surface area contributed by atoms with Gasteiger partial charge in [-0.15, -0.1) is 0 Å². The van der Waals surface area contributed by atoms with Gasteiger partial charge in [-0.05, 0) is 24.6 Å². The van der Waals surface area contributed by atoms with Crippen LogP contribution in [0.1, 0.15) is 18.9 Å². The van der Waals surface area contributed by atoms with Gasteiger partial charge < -0.3 is 24.8 Å². The Bertz CT molecular complexity index is 669. The fraction of sp³-hybridized carbons (Fsp3) is 0.389. The molecule has 128 valence electrons. The molecular formula is C18H20O6. The van der Waals surface area contributed by atoms with E-state index in [1.807, 2.05) is 30.3 Å². The van der Waals surface area contributed by atoms with Gasteiger partial charge in [0.1, 0.15) is 11.2 Å². The summed E-state index contributed by atoms with van der Waals surface area (Å²) in [5, 5.41) is 30.9. The van der Waals surface area contributed by atoms with Crippen LogP contribution >= 0.6 is 0 Å². The highest BCUT2D eigenvalue weighted by Crippen LogP contribution is 2.50. The molecule has 0 radical (unpaired) electrons. The molecule has 0 saturated heterocycles. The second-order valence-electron chi connectivity index (χ2n) is 6.39. The van der Waals surface area contributed by atoms with Gasteiger partial charge in [-0.25, -0.2) is 4.79 Å². The summed E-state index contributed by atoms with van der Waals surface area (Å²) in [7, 11) is 0. The Labute approximate surface area is 139 Å². The van der Waals surface area contributed by atoms with Crippen molar-refractivity contribution in [3.8, 4) is 0 Å². The van der Waals surface area contributed by atoms with Gasteiger partial charge in [-0.3, -0.25) is 0 Å². The number of hydrogen-bond donors (Lipinski definition) is 3. The number of benzene rings is 1. The second-order valence-corrected chi connectivity index (χ2v) is 6.39. The van der Waals surface area contributed by atoms with Crippen molar-refractivity contribution in [1.82, 2.24) is 0 Å². The van der Waals surface area contributed by atoms with E-state index in [0.29, 0.717) is 0 Å². The van der Waals surface area contributed by atoms with Crippen LogP contribution in [-0.4, -0.2) is 44.9 Å². The Morgan fingerprint density at radius 1 is 1.33 bits per heavy atom. The highest BCUT2D eigenvalue weighted by molar-refractivity contribution is 5.87. The van der Waals surface area contributed by atoms with E-state index in [-0.39, 0.29) is 6.42 Å². The third-order valence-electron chi connectivity index (χ3n) is 4.67. The fourth-order valence-corrected chi connectivity index (χ4v) is 3.52. The zero-order chi connectivity index (χ0) is 17.4. The number of hydrogen-bond acceptors (Lipinski definition) is 6. The van der Waals surface area contributed by atoms with Crippen molar-refractivity contribution in [1.29, 1.82) is 0 Å². The first-order valence-electron chi connectivity index (χ1n) is 7.73. The maximum Gasteiger partial charge on any atom is 0.331 e. The zero-order valence-corrected chi connectivity index (χ0v) is 13.2. The number of fused-ring (bicyclic) bond motifs is 1. The predicted molar refractivity (Wildman–Crippen MR) is 85.3 cm³/mol. The van der Waals surface area contributed by atoms with Crippen LogP contribution in [0.5, 0.6) is 0 Å². The first-order chi connectivity index (χ1) is 11.3. The molecule has 0 unspecified atom stereocenters. The molecule has 0 bridgehead atoms. The van der Waals surface area contributed by atoms with Crippen LogP contribution in [0.2, 0.25) is 0 Å². The summed E-state index contributed by atoms with van der Waals surface area (Å²) < 4.78 is 10.5. The van der Waals surface area contributed by atoms with Gasteiger partial charge in [0.15, 0.2) is 0 Å². The molecule has 5 atom stereocenters. The zero-order valence-electron chi connectivity index (χ0n) is 13.2. The first kappa shape index (κ1) is 16.7. The summed E-state index contributed by atoms with van der Waals surface area (Å²) in [6.07, 6.45) is 2.75. The smallest absolute Gasteiger partial charge is 0.331 e. The van der Waals surface area contributed by atoms with Crippen molar-refractivity contribution < 1.29 is 29.6 Å². The van der Waals surface area contributed by atoms with Crippen LogP contribution in [0.4, 0.5) is 0 Å². The van der Waals surface area contributed by atoms with Crippen molar-refractivity contribution in [2.75, 3.05) is 0 Å². The van der Waals surface area contributed by atoms with Crippen LogP contribution in [0, 0.1) is 5.92 Å². The normalized spacial score (nSPS) is 37.9. The minimum atomic E-state index is -1.70. The Balaban J connectivity index is 1.77. The molecular weight excluding hydrogens is 312 g/mol. The number of aliphatic hydroxyl groups is 3. The molecule has 24 heavy (non-hydrogen) atoms. The van der Waals surface area contributed by atoms with E-state index in [4.69, 9.17) is 9.47 Å². The van der Waals surface area contributed by atoms with E-state index in [1.165, 1.54) is 12.2 Å². The van der Waals surface area contributed by atoms with E-state index in [9.17, 15) is 20.1 Å². The SMILES string of the molecule is C[C@]1(OC(=O)/C=C/c2ccccc2)C[C@@H](O)[C@]2(O)C=CO[C@H](O)[C@@H]21. The summed E-state index contributed by atoms with van der Waals surface area (Å²) in [6.45, 7) is 1.57. The first-order valence-corrected chi connectivity index (χ1v) is 7.73. The molecule has 1 aliphatic heterocycles. The lowest BCUT2D eigenvalue weighted by Gasteiger charge is -2.40. The minimum absolute atomic E-state index is 0.0101. The van der Waals surface area contributed by atoms with Crippen LogP contribution < -0.4 is 0 Å². The lowest BCUT2D eigenvalue weighted by Crippen LogP contribution is -2.54. The molecule has 1 aliphatic carbocycles. The largest absolute Gasteiger partial charge is 0.472 e. The standard InChI is InChI=1S/C18H20O6/c1-17(24-14(20)8-7-12-5-3-2-4-6-12)11-13(19)18(22)9-10-23-16(21)15(17)18/h2-10,13,15-16,19,21-22H,11H2,1H3/b8-7+/t13-,15-,16+,17+,18-/m1/s1. The molecule has 0 aromatic heterocycles. The number of carbonyl (C=O) groups excluding carboxylic acids is 1. The van der Waals surface area contributed by atoms with Gasteiger partial charge in [0.25, 0.3) is 0 Å². The summed E-state index contributed by atoms with van der Waals surface area (Å²) in [5.41, 5.74) is -2.13. The van der Waals surface area contributed by atoms with E-state index in [1.54, 1.807) is 13.0 Å². The molecule has 2 aliphatic rings. The van der Waals surface area contributed by atoms with E-state index in [0.717, 1.165) is 11.8 Å². The average molecular weight is 332 g/mol. The third-order valence-corrected chi connectivity index (χ3v) is 4.67. The van der Waals surface area contributed by atoms with Gasteiger partial charge in [0.2, 0.25) is 6.29 Å². The molecule has 1 fully saturated rings. The second kappa shape index (κ2) is 6.05. The molecule has 1 heterocycles. The fourth-order valence-electron chi connectivity index (χ4n) is 3.52. The highest BCUT2D eigenvalue weighted by atomic mass is 16.6. The van der Waals surface area contributed by atoms with Crippen molar-refractivity contribution in [2.24, 2.45) is 5.92 Å². The highest BCUT2D eigenvalue weighted by Gasteiger charge is 2.65. The Morgan fingerprint density at radius 3 is 2.75 bits per heavy atom. The summed E-state index contributed by atoms with van der Waals surface area (Å²) in [6, 6.07) is 9.25. The number of aliphatic hydroxyl groups excluding tert-OH is 2. The molecule has 0 amide bonds. The van der Waals surface area contributed by atoms with Gasteiger partial charge in [-0.2, -0.15) is 0 Å². The average Bonchev–Trinajstić information content (AvgIpc) is 2.73. The molecule has 1 saturated carbocycles. The van der Waals surface area contributed by atoms with Gasteiger partial charge in [-0.1, -0.05) is 30.3 Å². The maximum atomic E-state index is 12.2. The molecule has 3 N–H and O–H groups in total. The van der Waals surface area contributed by atoms with Crippen molar-refractivity contribution >= 4 is 12.0 Å². The molecule has 1 aromatic rings. The van der Waals surface area contributed by atoms with E-state index < -0.39 is 35.5 Å². The van der Waals surface area contributed by atoms with Crippen LogP contribution in [-0.2, 0) is 14.3 Å². The maximum absolute atomic E-state index is 12.2. The van der Waals surface area contributed by atoms with E-state index >= 15 is 0 Å². The van der Waals surface area contributed by atoms with Crippen LogP contribution in [0.15, 0.2) is 48.7 Å². The van der Waals surface area contributed by atoms with Gasteiger partial charge >= 0.3 is 5.97 Å². The topological polar surface area (TPSA) is 96.2 Å². The van der Waals surface area contributed by atoms with Crippen molar-refractivity contribution in [2.45, 2.75) is 36.9 Å². The quantitative estimate of drug-likeness (QED) is 0.564. The van der Waals surface area contributed by atoms with Crippen LogP contribution in [0.25, 0.3) is 6.08 Å². The minimum Gasteiger partial charge on any atom is -0.472 e. The molecule has 1 aromatic carbocycles. The van der Waals surface area contributed by atoms with Gasteiger partial charge in [0, 0.05) is 12.5 Å². The van der Waals surface area contributed by atoms with E-state index in [2.05, 4.69) is 0 Å². The summed E-state index contributed by atoms with van der Waals surface area (Å²) in [4.78, 5) is 12.2. The van der Waals surface area contributed by atoms with Crippen molar-refractivity contribution in [3.63, 3.8) is 0 Å². The van der Waals surface area contributed by atoms with Gasteiger partial charge in [0.05, 0.1) is 18.3 Å². The third kappa shape index (κ3) is 2.84. The summed E-state index contributed by atoms with van der Waals surface area (Å²) in [5.74, 6) is -1.61. The Morgan fingerprint density at radius 2 is 2.04 bits per heavy atom. The predicted octanol–water partition coefficient (Wildman–Crippen LogP) is 0.976. The number of ether oxygens (including phenoxy) is 2. The van der Waals surface area contributed by atoms with Crippen LogP contribution in [0.3, 0.4) is 0 Å². The molecule has 6 nitrogen and oxygen atoms in total. The number of carbonyl (C=O) groups is 1.